The Balaban J connectivity index is 1.99. The summed E-state index contributed by atoms with van der Waals surface area (Å²) in [6, 6.07) is 1.17. The molecular weight excluding hydrogens is 257 g/mol. The first-order valence-electron chi connectivity index (χ1n) is 5.03. The van der Waals surface area contributed by atoms with Gasteiger partial charge < -0.3 is 9.84 Å². The SMILES string of the molecule is O=C(O)c1cc2n(n1)CCC(COC(F)(F)F)O2. The van der Waals surface area contributed by atoms with Crippen LogP contribution in [-0.2, 0) is 11.3 Å². The van der Waals surface area contributed by atoms with E-state index in [0.29, 0.717) is 0 Å². The van der Waals surface area contributed by atoms with Crippen molar-refractivity contribution in [3.05, 3.63) is 11.8 Å². The smallest absolute Gasteiger partial charge is 0.476 e. The van der Waals surface area contributed by atoms with Crippen LogP contribution in [0.1, 0.15) is 16.9 Å². The molecule has 100 valence electrons. The zero-order chi connectivity index (χ0) is 13.3. The van der Waals surface area contributed by atoms with Crippen molar-refractivity contribution in [1.29, 1.82) is 0 Å². The van der Waals surface area contributed by atoms with E-state index in [1.165, 1.54) is 10.7 Å². The molecule has 2 rings (SSSR count). The first-order valence-corrected chi connectivity index (χ1v) is 5.03. The number of fused-ring (bicyclic) bond motifs is 1. The van der Waals surface area contributed by atoms with E-state index in [-0.39, 0.29) is 24.5 Å². The van der Waals surface area contributed by atoms with Gasteiger partial charge in [0, 0.05) is 19.0 Å². The third kappa shape index (κ3) is 2.92. The van der Waals surface area contributed by atoms with Crippen molar-refractivity contribution in [2.75, 3.05) is 6.61 Å². The van der Waals surface area contributed by atoms with Crippen LogP contribution in [0.5, 0.6) is 5.88 Å². The maximum absolute atomic E-state index is 11.8. The molecule has 1 aliphatic heterocycles. The van der Waals surface area contributed by atoms with Gasteiger partial charge in [0.15, 0.2) is 5.69 Å². The van der Waals surface area contributed by atoms with Crippen LogP contribution >= 0.6 is 0 Å². The predicted octanol–water partition coefficient (Wildman–Crippen LogP) is 1.27. The number of hydrogen-bond acceptors (Lipinski definition) is 4. The van der Waals surface area contributed by atoms with Gasteiger partial charge in [-0.2, -0.15) is 5.10 Å². The molecule has 0 aliphatic carbocycles. The highest BCUT2D eigenvalue weighted by atomic mass is 19.4. The Kier molecular flexibility index (Phi) is 3.16. The molecule has 0 amide bonds. The lowest BCUT2D eigenvalue weighted by Crippen LogP contribution is -2.32. The van der Waals surface area contributed by atoms with Gasteiger partial charge in [-0.25, -0.2) is 9.48 Å². The minimum Gasteiger partial charge on any atom is -0.476 e. The number of hydrogen-bond donors (Lipinski definition) is 1. The van der Waals surface area contributed by atoms with Crippen molar-refractivity contribution >= 4 is 5.97 Å². The number of nitrogens with zero attached hydrogens (tertiary/aromatic N) is 2. The minimum absolute atomic E-state index is 0.134. The van der Waals surface area contributed by atoms with Gasteiger partial charge in [0.2, 0.25) is 5.88 Å². The summed E-state index contributed by atoms with van der Waals surface area (Å²) in [6.07, 6.45) is -5.20. The van der Waals surface area contributed by atoms with E-state index in [4.69, 9.17) is 9.84 Å². The summed E-state index contributed by atoms with van der Waals surface area (Å²) >= 11 is 0. The summed E-state index contributed by atoms with van der Waals surface area (Å²) in [4.78, 5) is 10.7. The van der Waals surface area contributed by atoms with Gasteiger partial charge in [-0.05, 0) is 0 Å². The molecule has 1 aromatic heterocycles. The van der Waals surface area contributed by atoms with Crippen LogP contribution in [-0.4, -0.2) is 39.9 Å². The molecule has 6 nitrogen and oxygen atoms in total. The molecule has 2 heterocycles. The number of aromatic nitrogens is 2. The van der Waals surface area contributed by atoms with Crippen molar-refractivity contribution in [2.24, 2.45) is 0 Å². The Bertz CT molecular complexity index is 457. The topological polar surface area (TPSA) is 73.6 Å². The number of carboxylic acids is 1. The molecule has 1 aromatic rings. The lowest BCUT2D eigenvalue weighted by atomic mass is 10.2. The first kappa shape index (κ1) is 12.7. The molecule has 18 heavy (non-hydrogen) atoms. The quantitative estimate of drug-likeness (QED) is 0.891. The maximum Gasteiger partial charge on any atom is 0.522 e. The summed E-state index contributed by atoms with van der Waals surface area (Å²) in [7, 11) is 0. The highest BCUT2D eigenvalue weighted by Gasteiger charge is 2.32. The fraction of sp³-hybridized carbons (Fsp3) is 0.556. The fourth-order valence-electron chi connectivity index (χ4n) is 1.56. The molecule has 1 atom stereocenters. The lowest BCUT2D eigenvalue weighted by molar-refractivity contribution is -0.330. The number of alkyl halides is 3. The van der Waals surface area contributed by atoms with E-state index in [0.717, 1.165) is 0 Å². The van der Waals surface area contributed by atoms with Gasteiger partial charge in [0.1, 0.15) is 6.10 Å². The Hall–Kier alpha value is -1.77. The number of carbonyl (C=O) groups is 1. The van der Waals surface area contributed by atoms with Crippen molar-refractivity contribution < 1.29 is 32.5 Å². The van der Waals surface area contributed by atoms with Crippen molar-refractivity contribution in [3.8, 4) is 5.88 Å². The molecule has 0 bridgehead atoms. The van der Waals surface area contributed by atoms with Crippen LogP contribution in [0.25, 0.3) is 0 Å². The molecule has 0 saturated carbocycles. The zero-order valence-corrected chi connectivity index (χ0v) is 8.98. The Morgan fingerprint density at radius 1 is 1.67 bits per heavy atom. The largest absolute Gasteiger partial charge is 0.522 e. The normalized spacial score (nSPS) is 19.2. The van der Waals surface area contributed by atoms with E-state index < -0.39 is 25.0 Å². The zero-order valence-electron chi connectivity index (χ0n) is 8.98. The highest BCUT2D eigenvalue weighted by Crippen LogP contribution is 2.24. The summed E-state index contributed by atoms with van der Waals surface area (Å²) in [5.74, 6) is -1.09. The monoisotopic (exact) mass is 266 g/mol. The van der Waals surface area contributed by atoms with Crippen molar-refractivity contribution in [1.82, 2.24) is 9.78 Å². The molecule has 1 N–H and O–H groups in total. The van der Waals surface area contributed by atoms with Gasteiger partial charge in [-0.3, -0.25) is 4.74 Å². The van der Waals surface area contributed by atoms with Gasteiger partial charge in [-0.15, -0.1) is 13.2 Å². The average molecular weight is 266 g/mol. The van der Waals surface area contributed by atoms with Crippen molar-refractivity contribution in [2.45, 2.75) is 25.4 Å². The molecule has 1 aliphatic rings. The third-order valence-electron chi connectivity index (χ3n) is 2.35. The number of aromatic carboxylic acids is 1. The second kappa shape index (κ2) is 4.48. The molecule has 0 aromatic carbocycles. The predicted molar refractivity (Wildman–Crippen MR) is 50.2 cm³/mol. The first-order chi connectivity index (χ1) is 8.35. The lowest BCUT2D eigenvalue weighted by Gasteiger charge is -2.24. The third-order valence-corrected chi connectivity index (χ3v) is 2.35. The van der Waals surface area contributed by atoms with Crippen LogP contribution in [0.2, 0.25) is 0 Å². The summed E-state index contributed by atoms with van der Waals surface area (Å²) in [5, 5.41) is 12.4. The number of ether oxygens (including phenoxy) is 2. The molecule has 1 unspecified atom stereocenters. The highest BCUT2D eigenvalue weighted by molar-refractivity contribution is 5.85. The second-order valence-corrected chi connectivity index (χ2v) is 3.68. The number of aryl methyl sites for hydroxylation is 1. The van der Waals surface area contributed by atoms with Crippen molar-refractivity contribution in [3.63, 3.8) is 0 Å². The molecule has 0 saturated heterocycles. The molecule has 0 radical (unpaired) electrons. The van der Waals surface area contributed by atoms with E-state index in [1.54, 1.807) is 0 Å². The van der Waals surface area contributed by atoms with E-state index in [1.807, 2.05) is 0 Å². The average Bonchev–Trinajstić information content (AvgIpc) is 2.68. The molecule has 0 fully saturated rings. The van der Waals surface area contributed by atoms with Crippen LogP contribution < -0.4 is 4.74 Å². The van der Waals surface area contributed by atoms with Gasteiger partial charge in [0.25, 0.3) is 0 Å². The standard InChI is InChI=1S/C9H9F3N2O4/c10-9(11,12)17-4-5-1-2-14-7(18-5)3-6(13-14)8(15)16/h3,5H,1-2,4H2,(H,15,16). The van der Waals surface area contributed by atoms with E-state index >= 15 is 0 Å². The van der Waals surface area contributed by atoms with Crippen LogP contribution in [0.15, 0.2) is 6.07 Å². The summed E-state index contributed by atoms with van der Waals surface area (Å²) in [6.45, 7) is -0.342. The molecule has 0 spiro atoms. The maximum atomic E-state index is 11.8. The van der Waals surface area contributed by atoms with Gasteiger partial charge in [0.05, 0.1) is 6.61 Å². The number of halogens is 3. The Labute approximate surface area is 98.9 Å². The van der Waals surface area contributed by atoms with E-state index in [9.17, 15) is 18.0 Å². The van der Waals surface area contributed by atoms with E-state index in [2.05, 4.69) is 9.84 Å². The number of carboxylic acid groups (broad SMARTS) is 1. The number of rotatable bonds is 3. The van der Waals surface area contributed by atoms with Gasteiger partial charge >= 0.3 is 12.3 Å². The minimum atomic E-state index is -4.70. The molecule has 9 heteroatoms. The Morgan fingerprint density at radius 2 is 2.39 bits per heavy atom. The Morgan fingerprint density at radius 3 is 3.00 bits per heavy atom. The van der Waals surface area contributed by atoms with Gasteiger partial charge in [-0.1, -0.05) is 0 Å². The molecular formula is C9H9F3N2O4. The van der Waals surface area contributed by atoms with Crippen LogP contribution in [0, 0.1) is 0 Å². The van der Waals surface area contributed by atoms with Crippen LogP contribution in [0.3, 0.4) is 0 Å². The van der Waals surface area contributed by atoms with Crippen LogP contribution in [0.4, 0.5) is 13.2 Å². The second-order valence-electron chi connectivity index (χ2n) is 3.68. The summed E-state index contributed by atoms with van der Waals surface area (Å²) in [5.41, 5.74) is -0.206. The fourth-order valence-corrected chi connectivity index (χ4v) is 1.56. The summed E-state index contributed by atoms with van der Waals surface area (Å²) < 4.78 is 45.7.